The van der Waals surface area contributed by atoms with Gasteiger partial charge in [-0.05, 0) is 37.1 Å². The van der Waals surface area contributed by atoms with E-state index in [0.717, 1.165) is 18.6 Å². The molecule has 1 aliphatic carbocycles. The Bertz CT molecular complexity index is 1280. The number of nitrogens with one attached hydrogen (secondary N) is 2. The second kappa shape index (κ2) is 10.4. The van der Waals surface area contributed by atoms with E-state index in [4.69, 9.17) is 10.5 Å². The fourth-order valence-corrected chi connectivity index (χ4v) is 5.80. The highest BCUT2D eigenvalue weighted by Gasteiger charge is 2.32. The first-order chi connectivity index (χ1) is 17.8. The number of fused-ring (bicyclic) bond motifs is 1. The van der Waals surface area contributed by atoms with Crippen molar-refractivity contribution in [3.8, 4) is 5.75 Å². The van der Waals surface area contributed by atoms with Gasteiger partial charge in [0, 0.05) is 43.8 Å². The first-order valence-electron chi connectivity index (χ1n) is 12.4. The third-order valence-corrected chi connectivity index (χ3v) is 7.87. The predicted octanol–water partition coefficient (Wildman–Crippen LogP) is 2.67. The molecule has 5 rings (SSSR count). The number of nitrogens with zero attached hydrogens (tertiary/aromatic N) is 4. The summed E-state index contributed by atoms with van der Waals surface area (Å²) in [6.45, 7) is 2.23. The van der Waals surface area contributed by atoms with Gasteiger partial charge in [0.15, 0.2) is 0 Å². The zero-order valence-corrected chi connectivity index (χ0v) is 21.5. The summed E-state index contributed by atoms with van der Waals surface area (Å²) in [5.41, 5.74) is 6.32. The SMILES string of the molecule is COc1ccc(NC(=O)N2CCN(c3nc(N)nc4scc(C(=O)NCC5(O)CCCC5)c34)CC2)cc1. The van der Waals surface area contributed by atoms with E-state index in [1.165, 1.54) is 11.3 Å². The highest BCUT2D eigenvalue weighted by Crippen LogP contribution is 2.34. The number of nitrogen functional groups attached to an aromatic ring is 1. The molecule has 1 aliphatic heterocycles. The number of carbonyl (C=O) groups excluding carboxylic acids is 2. The van der Waals surface area contributed by atoms with E-state index in [1.54, 1.807) is 41.7 Å². The lowest BCUT2D eigenvalue weighted by Gasteiger charge is -2.35. The van der Waals surface area contributed by atoms with Crippen LogP contribution in [0, 0.1) is 0 Å². The number of ether oxygens (including phenoxy) is 1. The number of aromatic nitrogens is 2. The number of anilines is 3. The van der Waals surface area contributed by atoms with Gasteiger partial charge < -0.3 is 36.0 Å². The van der Waals surface area contributed by atoms with Gasteiger partial charge in [0.25, 0.3) is 5.91 Å². The van der Waals surface area contributed by atoms with Crippen LogP contribution in [0.4, 0.5) is 22.2 Å². The standard InChI is InChI=1S/C25H31N7O4S/c1-36-17-6-4-16(5-7-17)28-24(34)32-12-10-31(11-13-32)20-19-18(14-37-22(19)30-23(26)29-20)21(33)27-15-25(35)8-2-3-9-25/h4-7,14,35H,2-3,8-13,15H2,1H3,(H,27,33)(H,28,34)(H2,26,29,30). The maximum Gasteiger partial charge on any atom is 0.321 e. The normalized spacial score (nSPS) is 17.1. The minimum Gasteiger partial charge on any atom is -0.497 e. The largest absolute Gasteiger partial charge is 0.497 e. The van der Waals surface area contributed by atoms with Crippen molar-refractivity contribution in [3.05, 3.63) is 35.2 Å². The molecule has 2 aliphatic rings. The number of carbonyl (C=O) groups is 2. The maximum absolute atomic E-state index is 13.1. The average Bonchev–Trinajstić information content (AvgIpc) is 3.54. The summed E-state index contributed by atoms with van der Waals surface area (Å²) in [6, 6.07) is 6.99. The number of aliphatic hydroxyl groups is 1. The Morgan fingerprint density at radius 3 is 2.51 bits per heavy atom. The van der Waals surface area contributed by atoms with Crippen LogP contribution in [0.15, 0.2) is 29.6 Å². The Hall–Kier alpha value is -3.64. The topological polar surface area (TPSA) is 146 Å². The van der Waals surface area contributed by atoms with Crippen LogP contribution in [0.25, 0.3) is 10.2 Å². The van der Waals surface area contributed by atoms with Gasteiger partial charge in [0.1, 0.15) is 16.4 Å². The number of hydrogen-bond donors (Lipinski definition) is 4. The molecule has 1 aromatic carbocycles. The number of amides is 3. The Labute approximate surface area is 218 Å². The van der Waals surface area contributed by atoms with Gasteiger partial charge >= 0.3 is 6.03 Å². The van der Waals surface area contributed by atoms with Crippen LogP contribution in [0.2, 0.25) is 0 Å². The highest BCUT2D eigenvalue weighted by molar-refractivity contribution is 7.17. The lowest BCUT2D eigenvalue weighted by Crippen LogP contribution is -2.50. The summed E-state index contributed by atoms with van der Waals surface area (Å²) in [5, 5.41) is 18.8. The molecule has 0 bridgehead atoms. The minimum atomic E-state index is -0.839. The third kappa shape index (κ3) is 5.39. The second-order valence-corrected chi connectivity index (χ2v) is 10.3. The van der Waals surface area contributed by atoms with Gasteiger partial charge in [-0.2, -0.15) is 4.98 Å². The molecule has 1 saturated carbocycles. The number of urea groups is 1. The molecule has 1 saturated heterocycles. The Balaban J connectivity index is 1.28. The monoisotopic (exact) mass is 525 g/mol. The number of methoxy groups -OCH3 is 1. The van der Waals surface area contributed by atoms with Gasteiger partial charge in [-0.3, -0.25) is 4.79 Å². The van der Waals surface area contributed by atoms with Crippen LogP contribution in [-0.4, -0.2) is 77.3 Å². The summed E-state index contributed by atoms with van der Waals surface area (Å²) in [7, 11) is 1.60. The first-order valence-corrected chi connectivity index (χ1v) is 13.2. The molecular weight excluding hydrogens is 494 g/mol. The van der Waals surface area contributed by atoms with Gasteiger partial charge in [0.2, 0.25) is 5.95 Å². The molecule has 0 atom stereocenters. The molecule has 0 radical (unpaired) electrons. The number of piperazine rings is 1. The lowest BCUT2D eigenvalue weighted by molar-refractivity contribution is 0.0450. The summed E-state index contributed by atoms with van der Waals surface area (Å²) in [6.07, 6.45) is 3.32. The quantitative estimate of drug-likeness (QED) is 0.384. The first kappa shape index (κ1) is 25.0. The van der Waals surface area contributed by atoms with Crippen molar-refractivity contribution in [3.63, 3.8) is 0 Å². The zero-order chi connectivity index (χ0) is 26.0. The average molecular weight is 526 g/mol. The fourth-order valence-electron chi connectivity index (χ4n) is 4.88. The van der Waals surface area contributed by atoms with Gasteiger partial charge in [-0.1, -0.05) is 12.8 Å². The molecule has 11 nitrogen and oxygen atoms in total. The Kier molecular flexibility index (Phi) is 7.02. The molecule has 196 valence electrons. The lowest BCUT2D eigenvalue weighted by atomic mass is 10.0. The third-order valence-electron chi connectivity index (χ3n) is 7.00. The van der Waals surface area contributed by atoms with E-state index < -0.39 is 5.60 Å². The van der Waals surface area contributed by atoms with Crippen LogP contribution < -0.4 is 26.0 Å². The van der Waals surface area contributed by atoms with Gasteiger partial charge in [0.05, 0.1) is 23.7 Å². The summed E-state index contributed by atoms with van der Waals surface area (Å²) < 4.78 is 5.16. The molecule has 0 spiro atoms. The molecule has 3 heterocycles. The van der Waals surface area contributed by atoms with E-state index in [1.807, 2.05) is 4.90 Å². The summed E-state index contributed by atoms with van der Waals surface area (Å²) in [5.74, 6) is 1.18. The van der Waals surface area contributed by atoms with E-state index in [2.05, 4.69) is 20.6 Å². The van der Waals surface area contributed by atoms with Crippen molar-refractivity contribution in [1.82, 2.24) is 20.2 Å². The van der Waals surface area contributed by atoms with Crippen LogP contribution >= 0.6 is 11.3 Å². The number of thiophene rings is 1. The van der Waals surface area contributed by atoms with E-state index in [-0.39, 0.29) is 24.4 Å². The number of nitrogens with two attached hydrogens (primary N) is 1. The van der Waals surface area contributed by atoms with Crippen molar-refractivity contribution >= 4 is 50.9 Å². The van der Waals surface area contributed by atoms with Crippen molar-refractivity contribution < 1.29 is 19.4 Å². The van der Waals surface area contributed by atoms with Crippen LogP contribution in [0.1, 0.15) is 36.0 Å². The summed E-state index contributed by atoms with van der Waals surface area (Å²) >= 11 is 1.34. The van der Waals surface area contributed by atoms with E-state index in [0.29, 0.717) is 66.3 Å². The van der Waals surface area contributed by atoms with Crippen molar-refractivity contribution in [2.45, 2.75) is 31.3 Å². The zero-order valence-electron chi connectivity index (χ0n) is 20.7. The smallest absolute Gasteiger partial charge is 0.321 e. The molecule has 3 amide bonds. The predicted molar refractivity (Wildman–Crippen MR) is 143 cm³/mol. The molecule has 12 heteroatoms. The van der Waals surface area contributed by atoms with E-state index >= 15 is 0 Å². The minimum absolute atomic E-state index is 0.135. The highest BCUT2D eigenvalue weighted by atomic mass is 32.1. The van der Waals surface area contributed by atoms with Crippen LogP contribution in [0.3, 0.4) is 0 Å². The second-order valence-electron chi connectivity index (χ2n) is 9.48. The van der Waals surface area contributed by atoms with E-state index in [9.17, 15) is 14.7 Å². The van der Waals surface area contributed by atoms with Gasteiger partial charge in [-0.15, -0.1) is 11.3 Å². The van der Waals surface area contributed by atoms with Crippen molar-refractivity contribution in [2.24, 2.45) is 0 Å². The van der Waals surface area contributed by atoms with Gasteiger partial charge in [-0.25, -0.2) is 9.78 Å². The maximum atomic E-state index is 13.1. The number of hydrogen-bond acceptors (Lipinski definition) is 9. The molecule has 5 N–H and O–H groups in total. The molecule has 2 aromatic heterocycles. The Morgan fingerprint density at radius 1 is 1.14 bits per heavy atom. The Morgan fingerprint density at radius 2 is 1.84 bits per heavy atom. The molecule has 3 aromatic rings. The molecule has 2 fully saturated rings. The molecule has 0 unspecified atom stereocenters. The molecular formula is C25H31N7O4S. The number of rotatable bonds is 6. The molecule has 37 heavy (non-hydrogen) atoms. The van der Waals surface area contributed by atoms with Crippen molar-refractivity contribution in [1.29, 1.82) is 0 Å². The van der Waals surface area contributed by atoms with Crippen molar-refractivity contribution in [2.75, 3.05) is 55.8 Å². The summed E-state index contributed by atoms with van der Waals surface area (Å²) in [4.78, 5) is 39.1. The van der Waals surface area contributed by atoms with Crippen LogP contribution in [0.5, 0.6) is 5.75 Å². The van der Waals surface area contributed by atoms with Crippen LogP contribution in [-0.2, 0) is 0 Å². The fraction of sp³-hybridized carbons (Fsp3) is 0.440. The number of benzene rings is 1.